The molecule has 0 saturated carbocycles. The Morgan fingerprint density at radius 2 is 2.15 bits per heavy atom. The average Bonchev–Trinajstić information content (AvgIpc) is 2.46. The van der Waals surface area contributed by atoms with E-state index in [0.29, 0.717) is 24.7 Å². The number of hydrogen-bond donors (Lipinski definition) is 1. The van der Waals surface area contributed by atoms with Crippen LogP contribution in [0.5, 0.6) is 0 Å². The number of piperidine rings is 1. The van der Waals surface area contributed by atoms with Crippen molar-refractivity contribution in [1.82, 2.24) is 4.90 Å². The summed E-state index contributed by atoms with van der Waals surface area (Å²) in [4.78, 5) is 2.55. The quantitative estimate of drug-likeness (QED) is 0.919. The lowest BCUT2D eigenvalue weighted by atomic mass is 9.93. The second-order valence-corrected chi connectivity index (χ2v) is 6.05. The van der Waals surface area contributed by atoms with Gasteiger partial charge >= 0.3 is 0 Å². The third-order valence-electron chi connectivity index (χ3n) is 4.69. The molecule has 0 aliphatic carbocycles. The van der Waals surface area contributed by atoms with Crippen LogP contribution in [0, 0.1) is 13.8 Å². The van der Waals surface area contributed by atoms with E-state index in [0.717, 1.165) is 19.4 Å². The van der Waals surface area contributed by atoms with E-state index in [1.54, 1.807) is 7.11 Å². The highest BCUT2D eigenvalue weighted by molar-refractivity contribution is 5.32. The predicted molar refractivity (Wildman–Crippen MR) is 83.9 cm³/mol. The van der Waals surface area contributed by atoms with Gasteiger partial charge in [0.25, 0.3) is 0 Å². The number of aryl methyl sites for hydroxylation is 2. The van der Waals surface area contributed by atoms with Gasteiger partial charge in [0.15, 0.2) is 0 Å². The zero-order chi connectivity index (χ0) is 14.7. The topological polar surface area (TPSA) is 38.5 Å². The first-order valence-electron chi connectivity index (χ1n) is 7.62. The van der Waals surface area contributed by atoms with Gasteiger partial charge in [0.2, 0.25) is 0 Å². The van der Waals surface area contributed by atoms with Crippen LogP contribution in [0.4, 0.5) is 0 Å². The van der Waals surface area contributed by atoms with Gasteiger partial charge in [-0.1, -0.05) is 23.8 Å². The lowest BCUT2D eigenvalue weighted by molar-refractivity contribution is -0.00172. The summed E-state index contributed by atoms with van der Waals surface area (Å²) in [7, 11) is 1.81. The third-order valence-corrected chi connectivity index (χ3v) is 4.69. The summed E-state index contributed by atoms with van der Waals surface area (Å²) in [5, 5.41) is 0. The Morgan fingerprint density at radius 1 is 1.40 bits per heavy atom. The largest absolute Gasteiger partial charge is 0.381 e. The predicted octanol–water partition coefficient (Wildman–Crippen LogP) is 2.80. The smallest absolute Gasteiger partial charge is 0.0599 e. The van der Waals surface area contributed by atoms with Gasteiger partial charge in [-0.25, -0.2) is 0 Å². The van der Waals surface area contributed by atoms with Crippen LogP contribution in [-0.4, -0.2) is 37.2 Å². The molecule has 1 saturated heterocycles. The van der Waals surface area contributed by atoms with Gasteiger partial charge in [-0.15, -0.1) is 0 Å². The van der Waals surface area contributed by atoms with E-state index < -0.39 is 0 Å². The molecule has 1 aliphatic heterocycles. The van der Waals surface area contributed by atoms with Gasteiger partial charge < -0.3 is 10.5 Å². The molecule has 20 heavy (non-hydrogen) atoms. The molecular weight excluding hydrogens is 248 g/mol. The van der Waals surface area contributed by atoms with Crippen molar-refractivity contribution in [2.75, 3.05) is 20.2 Å². The van der Waals surface area contributed by atoms with E-state index in [4.69, 9.17) is 10.5 Å². The summed E-state index contributed by atoms with van der Waals surface area (Å²) in [5.74, 6) is 0. The van der Waals surface area contributed by atoms with Crippen molar-refractivity contribution in [3.8, 4) is 0 Å². The Bertz CT molecular complexity index is 447. The maximum atomic E-state index is 5.99. The molecule has 0 bridgehead atoms. The number of hydrogen-bond acceptors (Lipinski definition) is 3. The van der Waals surface area contributed by atoms with Gasteiger partial charge in [0, 0.05) is 32.3 Å². The van der Waals surface area contributed by atoms with Crippen LogP contribution in [-0.2, 0) is 4.74 Å². The molecule has 0 aromatic heterocycles. The first-order chi connectivity index (χ1) is 9.56. The number of ether oxygens (including phenoxy) is 1. The minimum atomic E-state index is 0.367. The number of methoxy groups -OCH3 is 1. The summed E-state index contributed by atoms with van der Waals surface area (Å²) < 4.78 is 5.51. The van der Waals surface area contributed by atoms with Crippen LogP contribution in [0.2, 0.25) is 0 Å². The third kappa shape index (κ3) is 3.22. The first kappa shape index (κ1) is 15.5. The molecule has 1 fully saturated rings. The normalized spacial score (nSPS) is 25.6. The molecule has 3 heteroatoms. The van der Waals surface area contributed by atoms with Crippen LogP contribution in [0.25, 0.3) is 0 Å². The van der Waals surface area contributed by atoms with E-state index >= 15 is 0 Å². The summed E-state index contributed by atoms with van der Waals surface area (Å²) in [6, 6.07) is 7.58. The van der Waals surface area contributed by atoms with Crippen molar-refractivity contribution in [2.24, 2.45) is 5.73 Å². The van der Waals surface area contributed by atoms with E-state index in [2.05, 4.69) is 43.9 Å². The van der Waals surface area contributed by atoms with E-state index in [-0.39, 0.29) is 0 Å². The molecule has 0 amide bonds. The molecule has 0 radical (unpaired) electrons. The van der Waals surface area contributed by atoms with Crippen molar-refractivity contribution in [1.29, 1.82) is 0 Å². The molecule has 1 aliphatic rings. The Kier molecular flexibility index (Phi) is 5.19. The van der Waals surface area contributed by atoms with Crippen LogP contribution in [0.1, 0.15) is 42.5 Å². The Labute approximate surface area is 123 Å². The molecule has 3 nitrogen and oxygen atoms in total. The molecule has 2 rings (SSSR count). The molecule has 1 heterocycles. The fraction of sp³-hybridized carbons (Fsp3) is 0.647. The highest BCUT2D eigenvalue weighted by atomic mass is 16.5. The second kappa shape index (κ2) is 6.70. The van der Waals surface area contributed by atoms with Crippen molar-refractivity contribution < 1.29 is 4.74 Å². The number of benzene rings is 1. The molecule has 112 valence electrons. The van der Waals surface area contributed by atoms with Gasteiger partial charge in [-0.3, -0.25) is 4.90 Å². The summed E-state index contributed by atoms with van der Waals surface area (Å²) in [5.41, 5.74) is 10.1. The van der Waals surface area contributed by atoms with Gasteiger partial charge in [0.05, 0.1) is 6.10 Å². The van der Waals surface area contributed by atoms with Crippen LogP contribution >= 0.6 is 0 Å². The van der Waals surface area contributed by atoms with E-state index in [9.17, 15) is 0 Å². The maximum Gasteiger partial charge on any atom is 0.0599 e. The van der Waals surface area contributed by atoms with Crippen molar-refractivity contribution in [2.45, 2.75) is 51.8 Å². The Morgan fingerprint density at radius 3 is 2.75 bits per heavy atom. The number of likely N-dealkylation sites (tertiary alicyclic amines) is 1. The maximum absolute atomic E-state index is 5.99. The molecule has 0 spiro atoms. The SMILES string of the molecule is COC1CCN(C(C)c2ccc(C)cc2C)C(CN)C1. The fourth-order valence-corrected chi connectivity index (χ4v) is 3.46. The summed E-state index contributed by atoms with van der Waals surface area (Å²) in [6.45, 7) is 8.42. The summed E-state index contributed by atoms with van der Waals surface area (Å²) >= 11 is 0. The highest BCUT2D eigenvalue weighted by Gasteiger charge is 2.31. The molecule has 1 aromatic carbocycles. The standard InChI is InChI=1S/C17H28N2O/c1-12-5-6-17(13(2)9-12)14(3)19-8-7-16(20-4)10-15(19)11-18/h5-6,9,14-16H,7-8,10-11,18H2,1-4H3. The van der Waals surface area contributed by atoms with Crippen molar-refractivity contribution in [3.05, 3.63) is 34.9 Å². The average molecular weight is 276 g/mol. The van der Waals surface area contributed by atoms with E-state index in [1.165, 1.54) is 16.7 Å². The van der Waals surface area contributed by atoms with E-state index in [1.807, 2.05) is 0 Å². The monoisotopic (exact) mass is 276 g/mol. The van der Waals surface area contributed by atoms with Crippen LogP contribution in [0.3, 0.4) is 0 Å². The number of rotatable bonds is 4. The lowest BCUT2D eigenvalue weighted by Crippen LogP contribution is -2.49. The second-order valence-electron chi connectivity index (χ2n) is 6.05. The van der Waals surface area contributed by atoms with Gasteiger partial charge in [-0.2, -0.15) is 0 Å². The minimum Gasteiger partial charge on any atom is -0.381 e. The first-order valence-corrected chi connectivity index (χ1v) is 7.62. The van der Waals surface area contributed by atoms with Crippen LogP contribution < -0.4 is 5.73 Å². The zero-order valence-electron chi connectivity index (χ0n) is 13.2. The van der Waals surface area contributed by atoms with Crippen molar-refractivity contribution >= 4 is 0 Å². The highest BCUT2D eigenvalue weighted by Crippen LogP contribution is 2.30. The molecule has 2 N–H and O–H groups in total. The minimum absolute atomic E-state index is 0.367. The molecule has 3 unspecified atom stereocenters. The fourth-order valence-electron chi connectivity index (χ4n) is 3.46. The molecular formula is C17H28N2O. The Balaban J connectivity index is 2.17. The van der Waals surface area contributed by atoms with Crippen LogP contribution in [0.15, 0.2) is 18.2 Å². The number of nitrogens with zero attached hydrogens (tertiary/aromatic N) is 1. The molecule has 1 aromatic rings. The zero-order valence-corrected chi connectivity index (χ0v) is 13.2. The Hall–Kier alpha value is -0.900. The molecule has 3 atom stereocenters. The summed E-state index contributed by atoms with van der Waals surface area (Å²) in [6.07, 6.45) is 2.51. The number of nitrogens with two attached hydrogens (primary N) is 1. The lowest BCUT2D eigenvalue weighted by Gasteiger charge is -2.42. The van der Waals surface area contributed by atoms with Crippen molar-refractivity contribution in [3.63, 3.8) is 0 Å². The van der Waals surface area contributed by atoms with Gasteiger partial charge in [-0.05, 0) is 44.7 Å². The van der Waals surface area contributed by atoms with Gasteiger partial charge in [0.1, 0.15) is 0 Å².